The van der Waals surface area contributed by atoms with Gasteiger partial charge >= 0.3 is 0 Å². The molecule has 0 aliphatic carbocycles. The van der Waals surface area contributed by atoms with Gasteiger partial charge in [-0.2, -0.15) is 5.10 Å². The van der Waals surface area contributed by atoms with Gasteiger partial charge in [0.1, 0.15) is 0 Å². The zero-order valence-electron chi connectivity index (χ0n) is 10.7. The minimum Gasteiger partial charge on any atom is -0.313 e. The SMILES string of the molecule is CCC(NC)c1cnn(Cc2ccccc2Br)c1. The van der Waals surface area contributed by atoms with Crippen LogP contribution in [0.3, 0.4) is 0 Å². The van der Waals surface area contributed by atoms with E-state index in [1.807, 2.05) is 30.1 Å². The van der Waals surface area contributed by atoms with Crippen molar-refractivity contribution < 1.29 is 0 Å². The van der Waals surface area contributed by atoms with Crippen LogP contribution < -0.4 is 5.32 Å². The Bertz CT molecular complexity index is 503. The van der Waals surface area contributed by atoms with Gasteiger partial charge in [-0.15, -0.1) is 0 Å². The first kappa shape index (κ1) is 13.3. The van der Waals surface area contributed by atoms with Gasteiger partial charge < -0.3 is 5.32 Å². The first-order chi connectivity index (χ1) is 8.74. The summed E-state index contributed by atoms with van der Waals surface area (Å²) >= 11 is 3.56. The van der Waals surface area contributed by atoms with Crippen LogP contribution in [0.25, 0.3) is 0 Å². The summed E-state index contributed by atoms with van der Waals surface area (Å²) < 4.78 is 3.11. The maximum absolute atomic E-state index is 4.43. The third kappa shape index (κ3) is 3.00. The molecule has 0 aliphatic rings. The Labute approximate surface area is 116 Å². The minimum atomic E-state index is 0.387. The smallest absolute Gasteiger partial charge is 0.0670 e. The number of aromatic nitrogens is 2. The second-order valence-electron chi connectivity index (χ2n) is 4.31. The van der Waals surface area contributed by atoms with Crippen LogP contribution in [-0.4, -0.2) is 16.8 Å². The second kappa shape index (κ2) is 6.16. The summed E-state index contributed by atoms with van der Waals surface area (Å²) in [5, 5.41) is 7.72. The summed E-state index contributed by atoms with van der Waals surface area (Å²) in [5.41, 5.74) is 2.48. The highest BCUT2D eigenvalue weighted by atomic mass is 79.9. The molecule has 4 heteroatoms. The summed E-state index contributed by atoms with van der Waals surface area (Å²) in [5.74, 6) is 0. The Morgan fingerprint density at radius 1 is 1.39 bits per heavy atom. The number of nitrogens with one attached hydrogen (secondary N) is 1. The topological polar surface area (TPSA) is 29.9 Å². The molecule has 0 saturated heterocycles. The van der Waals surface area contributed by atoms with Gasteiger partial charge in [0.2, 0.25) is 0 Å². The zero-order chi connectivity index (χ0) is 13.0. The molecule has 0 bridgehead atoms. The summed E-state index contributed by atoms with van der Waals surface area (Å²) in [4.78, 5) is 0. The monoisotopic (exact) mass is 307 g/mol. The molecule has 1 unspecified atom stereocenters. The zero-order valence-corrected chi connectivity index (χ0v) is 12.3. The van der Waals surface area contributed by atoms with Gasteiger partial charge in [0.15, 0.2) is 0 Å². The van der Waals surface area contributed by atoms with E-state index in [0.717, 1.165) is 17.4 Å². The predicted octanol–water partition coefficient (Wildman–Crippen LogP) is 3.36. The van der Waals surface area contributed by atoms with Crippen LogP contribution >= 0.6 is 15.9 Å². The van der Waals surface area contributed by atoms with Crippen LogP contribution in [0, 0.1) is 0 Å². The third-order valence-corrected chi connectivity index (χ3v) is 3.88. The molecule has 18 heavy (non-hydrogen) atoms. The van der Waals surface area contributed by atoms with Gasteiger partial charge in [0, 0.05) is 22.3 Å². The van der Waals surface area contributed by atoms with Crippen molar-refractivity contribution >= 4 is 15.9 Å². The van der Waals surface area contributed by atoms with Gasteiger partial charge in [-0.1, -0.05) is 41.1 Å². The molecule has 2 rings (SSSR count). The molecule has 0 fully saturated rings. The standard InChI is InChI=1S/C14H18BrN3/c1-3-14(16-2)12-8-17-18(10-12)9-11-6-4-5-7-13(11)15/h4-8,10,14,16H,3,9H2,1-2H3. The third-order valence-electron chi connectivity index (χ3n) is 3.10. The van der Waals surface area contributed by atoms with E-state index in [4.69, 9.17) is 0 Å². The van der Waals surface area contributed by atoms with Crippen molar-refractivity contribution in [3.05, 3.63) is 52.3 Å². The molecule has 0 spiro atoms. The van der Waals surface area contributed by atoms with E-state index < -0.39 is 0 Å². The fourth-order valence-corrected chi connectivity index (χ4v) is 2.46. The van der Waals surface area contributed by atoms with E-state index >= 15 is 0 Å². The fraction of sp³-hybridized carbons (Fsp3) is 0.357. The molecule has 1 atom stereocenters. The molecule has 0 aliphatic heterocycles. The molecule has 96 valence electrons. The van der Waals surface area contributed by atoms with Crippen LogP contribution in [0.4, 0.5) is 0 Å². The van der Waals surface area contributed by atoms with Crippen molar-refractivity contribution in [1.82, 2.24) is 15.1 Å². The van der Waals surface area contributed by atoms with Gasteiger partial charge in [0.05, 0.1) is 12.7 Å². The Kier molecular flexibility index (Phi) is 4.55. The lowest BCUT2D eigenvalue weighted by Gasteiger charge is -2.10. The van der Waals surface area contributed by atoms with E-state index in [9.17, 15) is 0 Å². The van der Waals surface area contributed by atoms with Crippen molar-refractivity contribution in [2.24, 2.45) is 0 Å². The lowest BCUT2D eigenvalue weighted by molar-refractivity contribution is 0.575. The molecule has 3 nitrogen and oxygen atoms in total. The summed E-state index contributed by atoms with van der Waals surface area (Å²) in [6.45, 7) is 2.97. The average Bonchev–Trinajstić information content (AvgIpc) is 2.82. The van der Waals surface area contributed by atoms with Crippen molar-refractivity contribution in [1.29, 1.82) is 0 Å². The quantitative estimate of drug-likeness (QED) is 0.918. The number of halogens is 1. The Hall–Kier alpha value is -1.13. The number of nitrogens with zero attached hydrogens (tertiary/aromatic N) is 2. The van der Waals surface area contributed by atoms with Gasteiger partial charge in [-0.05, 0) is 25.1 Å². The first-order valence-electron chi connectivity index (χ1n) is 6.17. The lowest BCUT2D eigenvalue weighted by Crippen LogP contribution is -2.14. The van der Waals surface area contributed by atoms with Crippen LogP contribution in [0.1, 0.15) is 30.5 Å². The maximum atomic E-state index is 4.43. The number of benzene rings is 1. The van der Waals surface area contributed by atoms with Gasteiger partial charge in [-0.25, -0.2) is 0 Å². The average molecular weight is 308 g/mol. The molecule has 0 radical (unpaired) electrons. The summed E-state index contributed by atoms with van der Waals surface area (Å²) in [6.07, 6.45) is 5.13. The maximum Gasteiger partial charge on any atom is 0.0670 e. The van der Waals surface area contributed by atoms with Crippen LogP contribution in [0.5, 0.6) is 0 Å². The molecule has 1 heterocycles. The van der Waals surface area contributed by atoms with Crippen molar-refractivity contribution in [2.75, 3.05) is 7.05 Å². The van der Waals surface area contributed by atoms with Crippen molar-refractivity contribution in [3.63, 3.8) is 0 Å². The predicted molar refractivity (Wildman–Crippen MR) is 77.6 cm³/mol. The molecule has 0 amide bonds. The highest BCUT2D eigenvalue weighted by Gasteiger charge is 2.09. The minimum absolute atomic E-state index is 0.387. The summed E-state index contributed by atoms with van der Waals surface area (Å²) in [6, 6.07) is 8.63. The molecular weight excluding hydrogens is 290 g/mol. The highest BCUT2D eigenvalue weighted by molar-refractivity contribution is 9.10. The molecular formula is C14H18BrN3. The summed E-state index contributed by atoms with van der Waals surface area (Å²) in [7, 11) is 1.99. The molecule has 2 aromatic rings. The van der Waals surface area contributed by atoms with E-state index in [1.165, 1.54) is 11.1 Å². The normalized spacial score (nSPS) is 12.6. The van der Waals surface area contributed by atoms with E-state index in [1.54, 1.807) is 0 Å². The van der Waals surface area contributed by atoms with Gasteiger partial charge in [0.25, 0.3) is 0 Å². The van der Waals surface area contributed by atoms with E-state index in [2.05, 4.69) is 51.6 Å². The van der Waals surface area contributed by atoms with Crippen LogP contribution in [0.2, 0.25) is 0 Å². The molecule has 1 N–H and O–H groups in total. The first-order valence-corrected chi connectivity index (χ1v) is 6.97. The van der Waals surface area contributed by atoms with E-state index in [0.29, 0.717) is 6.04 Å². The molecule has 1 aromatic carbocycles. The largest absolute Gasteiger partial charge is 0.313 e. The molecule has 0 saturated carbocycles. The van der Waals surface area contributed by atoms with Crippen molar-refractivity contribution in [2.45, 2.75) is 25.9 Å². The molecule has 1 aromatic heterocycles. The Balaban J connectivity index is 2.14. The lowest BCUT2D eigenvalue weighted by atomic mass is 10.1. The van der Waals surface area contributed by atoms with Crippen LogP contribution in [0.15, 0.2) is 41.1 Å². The number of hydrogen-bond donors (Lipinski definition) is 1. The Morgan fingerprint density at radius 3 is 2.83 bits per heavy atom. The second-order valence-corrected chi connectivity index (χ2v) is 5.17. The van der Waals surface area contributed by atoms with Crippen LogP contribution in [-0.2, 0) is 6.54 Å². The number of rotatable bonds is 5. The van der Waals surface area contributed by atoms with Crippen molar-refractivity contribution in [3.8, 4) is 0 Å². The van der Waals surface area contributed by atoms with E-state index in [-0.39, 0.29) is 0 Å². The number of hydrogen-bond acceptors (Lipinski definition) is 2. The fourth-order valence-electron chi connectivity index (χ4n) is 2.05. The van der Waals surface area contributed by atoms with Gasteiger partial charge in [-0.3, -0.25) is 4.68 Å². The Morgan fingerprint density at radius 2 is 2.17 bits per heavy atom. The highest BCUT2D eigenvalue weighted by Crippen LogP contribution is 2.19.